The van der Waals surface area contributed by atoms with Gasteiger partial charge in [0.2, 0.25) is 0 Å². The van der Waals surface area contributed by atoms with Gasteiger partial charge < -0.3 is 0 Å². The zero-order chi connectivity index (χ0) is 14.8. The average Bonchev–Trinajstić information content (AvgIpc) is 2.45. The second-order valence-corrected chi connectivity index (χ2v) is 4.68. The predicted molar refractivity (Wildman–Crippen MR) is 74.5 cm³/mol. The van der Waals surface area contributed by atoms with Gasteiger partial charge in [-0.25, -0.2) is 0 Å². The van der Waals surface area contributed by atoms with Gasteiger partial charge >= 0.3 is 6.18 Å². The molecule has 2 aromatic carbocycles. The molecule has 0 atom stereocenters. The second-order valence-electron chi connectivity index (χ2n) is 4.68. The van der Waals surface area contributed by atoms with E-state index in [1.54, 1.807) is 6.07 Å². The van der Waals surface area contributed by atoms with E-state index in [2.05, 4.69) is 19.9 Å². The lowest BCUT2D eigenvalue weighted by molar-refractivity contribution is -0.137. The number of benzene rings is 2. The minimum atomic E-state index is -4.35. The first-order valence-corrected chi connectivity index (χ1v) is 6.66. The highest BCUT2D eigenvalue weighted by molar-refractivity contribution is 5.65. The predicted octanol–water partition coefficient (Wildman–Crippen LogP) is 5.30. The van der Waals surface area contributed by atoms with Gasteiger partial charge in [0.15, 0.2) is 0 Å². The number of halogens is 3. The van der Waals surface area contributed by atoms with Gasteiger partial charge in [-0.1, -0.05) is 44.2 Å². The fourth-order valence-electron chi connectivity index (χ4n) is 2.29. The summed E-state index contributed by atoms with van der Waals surface area (Å²) in [7, 11) is 0. The maximum Gasteiger partial charge on any atom is 0.417 e. The molecule has 0 aliphatic rings. The van der Waals surface area contributed by atoms with Crippen molar-refractivity contribution < 1.29 is 13.2 Å². The second kappa shape index (κ2) is 5.70. The molecule has 0 nitrogen and oxygen atoms in total. The summed E-state index contributed by atoms with van der Waals surface area (Å²) in [6.45, 7) is 4.13. The molecule has 0 aliphatic heterocycles. The van der Waals surface area contributed by atoms with Crippen LogP contribution in [0, 0.1) is 6.07 Å². The van der Waals surface area contributed by atoms with Crippen molar-refractivity contribution in [2.24, 2.45) is 0 Å². The Kier molecular flexibility index (Phi) is 4.17. The van der Waals surface area contributed by atoms with E-state index in [4.69, 9.17) is 0 Å². The van der Waals surface area contributed by atoms with Gasteiger partial charge in [0, 0.05) is 0 Å². The molecule has 0 unspecified atom stereocenters. The molecule has 0 N–H and O–H groups in total. The maximum absolute atomic E-state index is 12.7. The average molecular weight is 277 g/mol. The van der Waals surface area contributed by atoms with Crippen LogP contribution in [0.4, 0.5) is 13.2 Å². The molecule has 2 aromatic rings. The summed E-state index contributed by atoms with van der Waals surface area (Å²) in [6.07, 6.45) is -2.55. The van der Waals surface area contributed by atoms with E-state index in [1.807, 2.05) is 18.2 Å². The van der Waals surface area contributed by atoms with Gasteiger partial charge in [-0.2, -0.15) is 13.2 Å². The van der Waals surface area contributed by atoms with Crippen molar-refractivity contribution in [3.05, 3.63) is 59.2 Å². The molecule has 0 heterocycles. The van der Waals surface area contributed by atoms with Crippen LogP contribution in [0.3, 0.4) is 0 Å². The third kappa shape index (κ3) is 3.03. The fraction of sp³-hybridized carbons (Fsp3) is 0.294. The Morgan fingerprint density at radius 2 is 1.55 bits per heavy atom. The number of alkyl halides is 3. The quantitative estimate of drug-likeness (QED) is 0.714. The van der Waals surface area contributed by atoms with Crippen LogP contribution < -0.4 is 0 Å². The lowest BCUT2D eigenvalue weighted by Gasteiger charge is -2.11. The first-order chi connectivity index (χ1) is 9.45. The molecule has 20 heavy (non-hydrogen) atoms. The summed E-state index contributed by atoms with van der Waals surface area (Å²) in [5.41, 5.74) is 3.10. The molecular formula is C17H16F3. The highest BCUT2D eigenvalue weighted by atomic mass is 19.4. The molecule has 0 spiro atoms. The van der Waals surface area contributed by atoms with Gasteiger partial charge in [0.1, 0.15) is 0 Å². The summed E-state index contributed by atoms with van der Waals surface area (Å²) >= 11 is 0. The number of hydrogen-bond donors (Lipinski definition) is 0. The molecule has 105 valence electrons. The van der Waals surface area contributed by atoms with Crippen LogP contribution in [0.1, 0.15) is 30.5 Å². The standard InChI is InChI=1S/C17H16F3/c1-3-12-8-9-15(10-13(12)4-2)14-6-5-7-16(11-14)17(18,19)20/h5-6,8-11H,3-4H2,1-2H3. The van der Waals surface area contributed by atoms with E-state index < -0.39 is 11.7 Å². The highest BCUT2D eigenvalue weighted by Gasteiger charge is 2.30. The smallest absolute Gasteiger partial charge is 0.166 e. The Balaban J connectivity index is 2.46. The Hall–Kier alpha value is -1.77. The third-order valence-corrected chi connectivity index (χ3v) is 3.41. The largest absolute Gasteiger partial charge is 0.417 e. The van der Waals surface area contributed by atoms with Crippen LogP contribution in [0.2, 0.25) is 0 Å². The van der Waals surface area contributed by atoms with Crippen LogP contribution in [0.15, 0.2) is 36.4 Å². The monoisotopic (exact) mass is 277 g/mol. The Morgan fingerprint density at radius 3 is 2.15 bits per heavy atom. The van der Waals surface area contributed by atoms with Crippen molar-refractivity contribution in [1.29, 1.82) is 0 Å². The molecule has 1 radical (unpaired) electrons. The normalized spacial score (nSPS) is 11.7. The molecule has 0 amide bonds. The van der Waals surface area contributed by atoms with E-state index in [0.717, 1.165) is 24.5 Å². The van der Waals surface area contributed by atoms with Gasteiger partial charge in [-0.3, -0.25) is 0 Å². The zero-order valence-corrected chi connectivity index (χ0v) is 11.5. The lowest BCUT2D eigenvalue weighted by atomic mass is 9.96. The number of aryl methyl sites for hydroxylation is 2. The fourth-order valence-corrected chi connectivity index (χ4v) is 2.29. The first-order valence-electron chi connectivity index (χ1n) is 6.66. The SMILES string of the molecule is CCc1ccc(-c2cc[c]c(C(F)(F)F)c2)cc1CC. The van der Waals surface area contributed by atoms with Crippen molar-refractivity contribution in [3.63, 3.8) is 0 Å². The molecule has 0 aliphatic carbocycles. The molecule has 3 heteroatoms. The minimum absolute atomic E-state index is 0.577. The molecule has 0 saturated heterocycles. The molecule has 2 rings (SSSR count). The van der Waals surface area contributed by atoms with E-state index in [0.29, 0.717) is 5.56 Å². The van der Waals surface area contributed by atoms with Gasteiger partial charge in [0.05, 0.1) is 5.56 Å². The van der Waals surface area contributed by atoms with Gasteiger partial charge in [0.25, 0.3) is 0 Å². The van der Waals surface area contributed by atoms with E-state index in [1.165, 1.54) is 17.2 Å². The zero-order valence-electron chi connectivity index (χ0n) is 11.5. The molecule has 0 fully saturated rings. The highest BCUT2D eigenvalue weighted by Crippen LogP contribution is 2.32. The van der Waals surface area contributed by atoms with Crippen molar-refractivity contribution in [1.82, 2.24) is 0 Å². The van der Waals surface area contributed by atoms with Crippen molar-refractivity contribution >= 4 is 0 Å². The van der Waals surface area contributed by atoms with Crippen molar-refractivity contribution in [2.75, 3.05) is 0 Å². The summed E-state index contributed by atoms with van der Waals surface area (Å²) in [5.74, 6) is 0. The van der Waals surface area contributed by atoms with Crippen LogP contribution >= 0.6 is 0 Å². The van der Waals surface area contributed by atoms with Gasteiger partial charge in [-0.05, 0) is 47.2 Å². The number of rotatable bonds is 3. The van der Waals surface area contributed by atoms with E-state index in [-0.39, 0.29) is 0 Å². The topological polar surface area (TPSA) is 0 Å². The van der Waals surface area contributed by atoms with Crippen LogP contribution in [-0.2, 0) is 19.0 Å². The van der Waals surface area contributed by atoms with E-state index >= 15 is 0 Å². The Morgan fingerprint density at radius 1 is 0.900 bits per heavy atom. The molecule has 0 saturated carbocycles. The molecular weight excluding hydrogens is 261 g/mol. The van der Waals surface area contributed by atoms with Crippen molar-refractivity contribution in [3.8, 4) is 11.1 Å². The van der Waals surface area contributed by atoms with Crippen LogP contribution in [0.5, 0.6) is 0 Å². The van der Waals surface area contributed by atoms with Crippen molar-refractivity contribution in [2.45, 2.75) is 32.9 Å². The lowest BCUT2D eigenvalue weighted by Crippen LogP contribution is -2.04. The first kappa shape index (κ1) is 14.6. The Bertz CT molecular complexity index is 597. The number of hydrogen-bond acceptors (Lipinski definition) is 0. The Labute approximate surface area is 117 Å². The summed E-state index contributed by atoms with van der Waals surface area (Å²) in [4.78, 5) is 0. The van der Waals surface area contributed by atoms with Crippen LogP contribution in [0.25, 0.3) is 11.1 Å². The molecule has 0 aromatic heterocycles. The summed E-state index contributed by atoms with van der Waals surface area (Å²) < 4.78 is 38.1. The maximum atomic E-state index is 12.7. The summed E-state index contributed by atoms with van der Waals surface area (Å²) in [5, 5.41) is 0. The minimum Gasteiger partial charge on any atom is -0.166 e. The van der Waals surface area contributed by atoms with Gasteiger partial charge in [-0.15, -0.1) is 0 Å². The van der Waals surface area contributed by atoms with Crippen LogP contribution in [-0.4, -0.2) is 0 Å². The third-order valence-electron chi connectivity index (χ3n) is 3.41. The summed E-state index contributed by atoms with van der Waals surface area (Å²) in [6, 6.07) is 12.3. The molecule has 0 bridgehead atoms. The van der Waals surface area contributed by atoms with E-state index in [9.17, 15) is 13.2 Å².